The number of aryl methyl sites for hydroxylation is 1. The molecule has 0 spiro atoms. The highest BCUT2D eigenvalue weighted by atomic mass is 19.3. The van der Waals surface area contributed by atoms with Crippen molar-refractivity contribution in [1.82, 2.24) is 0 Å². The second-order valence-electron chi connectivity index (χ2n) is 5.73. The minimum absolute atomic E-state index is 0.221. The van der Waals surface area contributed by atoms with Gasteiger partial charge in [-0.2, -0.15) is 0 Å². The van der Waals surface area contributed by atoms with E-state index in [1.54, 1.807) is 0 Å². The molecule has 1 aromatic carbocycles. The van der Waals surface area contributed by atoms with Gasteiger partial charge in [-0.05, 0) is 24.8 Å². The Morgan fingerprint density at radius 1 is 1.32 bits per heavy atom. The number of unbranched alkanes of at least 4 members (excludes halogenated alkanes) is 1. The van der Waals surface area contributed by atoms with Crippen LogP contribution in [0.1, 0.15) is 38.2 Å². The summed E-state index contributed by atoms with van der Waals surface area (Å²) in [6.45, 7) is 2.41. The van der Waals surface area contributed by atoms with E-state index in [0.717, 1.165) is 18.4 Å². The summed E-state index contributed by atoms with van der Waals surface area (Å²) in [4.78, 5) is 0. The Kier molecular flexibility index (Phi) is 6.26. The van der Waals surface area contributed by atoms with Crippen LogP contribution in [0.4, 0.5) is 13.2 Å². The van der Waals surface area contributed by atoms with E-state index in [1.807, 2.05) is 37.3 Å². The van der Waals surface area contributed by atoms with Crippen LogP contribution >= 0.6 is 0 Å². The van der Waals surface area contributed by atoms with E-state index in [1.165, 1.54) is 0 Å². The fourth-order valence-electron chi connectivity index (χ4n) is 2.67. The summed E-state index contributed by atoms with van der Waals surface area (Å²) in [7, 11) is 0. The van der Waals surface area contributed by atoms with Gasteiger partial charge in [-0.15, -0.1) is 0 Å². The molecule has 1 aromatic rings. The van der Waals surface area contributed by atoms with E-state index in [9.17, 15) is 13.2 Å². The first kappa shape index (κ1) is 17.3. The number of hydrogen-bond donors (Lipinski definition) is 0. The second-order valence-corrected chi connectivity index (χ2v) is 5.73. The third-order valence-electron chi connectivity index (χ3n) is 4.03. The van der Waals surface area contributed by atoms with Crippen LogP contribution in [0.25, 0.3) is 0 Å². The molecule has 0 N–H and O–H groups in total. The second kappa shape index (κ2) is 7.97. The molecular weight excluding hydrogens is 293 g/mol. The molecule has 5 heteroatoms. The number of halogens is 3. The first-order valence-corrected chi connectivity index (χ1v) is 7.84. The molecule has 2 nitrogen and oxygen atoms in total. The summed E-state index contributed by atoms with van der Waals surface area (Å²) < 4.78 is 51.7. The SMILES string of the molecule is CCCCOC1CC(F)(C(F)F)C(CCc2ccccc2)O1. The van der Waals surface area contributed by atoms with Crippen LogP contribution in [0.2, 0.25) is 0 Å². The predicted octanol–water partition coefficient (Wildman–Crippen LogP) is 4.52. The zero-order chi connectivity index (χ0) is 16.0. The maximum Gasteiger partial charge on any atom is 0.274 e. The zero-order valence-corrected chi connectivity index (χ0v) is 12.8. The molecule has 124 valence electrons. The smallest absolute Gasteiger partial charge is 0.274 e. The van der Waals surface area contributed by atoms with Crippen molar-refractivity contribution in [2.45, 2.75) is 63.5 Å². The monoisotopic (exact) mass is 316 g/mol. The average molecular weight is 316 g/mol. The van der Waals surface area contributed by atoms with Crippen molar-refractivity contribution in [2.75, 3.05) is 6.61 Å². The maximum absolute atomic E-state index is 14.6. The molecule has 2 rings (SSSR count). The van der Waals surface area contributed by atoms with Crippen LogP contribution in [0.5, 0.6) is 0 Å². The Morgan fingerprint density at radius 3 is 2.68 bits per heavy atom. The summed E-state index contributed by atoms with van der Waals surface area (Å²) in [6, 6.07) is 9.42. The van der Waals surface area contributed by atoms with Crippen LogP contribution in [0.15, 0.2) is 30.3 Å². The largest absolute Gasteiger partial charge is 0.353 e. The highest BCUT2D eigenvalue weighted by molar-refractivity contribution is 5.15. The minimum Gasteiger partial charge on any atom is -0.353 e. The first-order chi connectivity index (χ1) is 10.6. The summed E-state index contributed by atoms with van der Waals surface area (Å²) >= 11 is 0. The van der Waals surface area contributed by atoms with Gasteiger partial charge in [-0.25, -0.2) is 13.2 Å². The van der Waals surface area contributed by atoms with Crippen LogP contribution in [-0.4, -0.2) is 31.1 Å². The van der Waals surface area contributed by atoms with Crippen LogP contribution < -0.4 is 0 Å². The normalized spacial score (nSPS) is 28.4. The Balaban J connectivity index is 1.94. The van der Waals surface area contributed by atoms with Gasteiger partial charge in [0, 0.05) is 13.0 Å². The molecule has 0 radical (unpaired) electrons. The Labute approximate surface area is 129 Å². The van der Waals surface area contributed by atoms with Crippen LogP contribution in [-0.2, 0) is 15.9 Å². The average Bonchev–Trinajstić information content (AvgIpc) is 2.84. The number of alkyl halides is 3. The molecule has 22 heavy (non-hydrogen) atoms. The fraction of sp³-hybridized carbons (Fsp3) is 0.647. The van der Waals surface area contributed by atoms with Gasteiger partial charge in [0.05, 0.1) is 0 Å². The van der Waals surface area contributed by atoms with E-state index < -0.39 is 30.9 Å². The molecule has 1 fully saturated rings. The molecular formula is C17H23F3O2. The van der Waals surface area contributed by atoms with Crippen molar-refractivity contribution in [3.05, 3.63) is 35.9 Å². The van der Waals surface area contributed by atoms with Gasteiger partial charge in [0.1, 0.15) is 6.10 Å². The van der Waals surface area contributed by atoms with Gasteiger partial charge in [0.15, 0.2) is 6.29 Å². The summed E-state index contributed by atoms with van der Waals surface area (Å²) in [5.74, 6) is 0. The number of hydrogen-bond acceptors (Lipinski definition) is 2. The van der Waals surface area contributed by atoms with Gasteiger partial charge < -0.3 is 9.47 Å². The van der Waals surface area contributed by atoms with Crippen molar-refractivity contribution >= 4 is 0 Å². The molecule has 0 aromatic heterocycles. The maximum atomic E-state index is 14.6. The summed E-state index contributed by atoms with van der Waals surface area (Å²) in [5, 5.41) is 0. The lowest BCUT2D eigenvalue weighted by atomic mass is 9.93. The van der Waals surface area contributed by atoms with E-state index in [4.69, 9.17) is 9.47 Å². The van der Waals surface area contributed by atoms with Crippen LogP contribution in [0, 0.1) is 0 Å². The van der Waals surface area contributed by atoms with E-state index in [2.05, 4.69) is 0 Å². The third kappa shape index (κ3) is 4.23. The van der Waals surface area contributed by atoms with Gasteiger partial charge in [0.25, 0.3) is 6.43 Å². The van der Waals surface area contributed by atoms with Crippen molar-refractivity contribution in [3.63, 3.8) is 0 Å². The quantitative estimate of drug-likeness (QED) is 0.656. The Morgan fingerprint density at radius 2 is 2.05 bits per heavy atom. The molecule has 0 aliphatic carbocycles. The predicted molar refractivity (Wildman–Crippen MR) is 78.7 cm³/mol. The fourth-order valence-corrected chi connectivity index (χ4v) is 2.67. The Bertz CT molecular complexity index is 441. The lowest BCUT2D eigenvalue weighted by Crippen LogP contribution is -2.41. The molecule has 3 unspecified atom stereocenters. The van der Waals surface area contributed by atoms with Gasteiger partial charge in [0.2, 0.25) is 5.67 Å². The molecule has 3 atom stereocenters. The summed E-state index contributed by atoms with van der Waals surface area (Å²) in [5.41, 5.74) is -1.64. The lowest BCUT2D eigenvalue weighted by molar-refractivity contribution is -0.143. The van der Waals surface area contributed by atoms with E-state index in [0.29, 0.717) is 13.0 Å². The first-order valence-electron chi connectivity index (χ1n) is 7.84. The van der Waals surface area contributed by atoms with Gasteiger partial charge in [-0.3, -0.25) is 0 Å². The number of rotatable bonds is 8. The lowest BCUT2D eigenvalue weighted by Gasteiger charge is -2.24. The highest BCUT2D eigenvalue weighted by Gasteiger charge is 2.55. The van der Waals surface area contributed by atoms with Gasteiger partial charge >= 0.3 is 0 Å². The Hall–Kier alpha value is -1.07. The van der Waals surface area contributed by atoms with Crippen molar-refractivity contribution in [1.29, 1.82) is 0 Å². The third-order valence-corrected chi connectivity index (χ3v) is 4.03. The minimum atomic E-state index is -3.06. The molecule has 0 saturated carbocycles. The molecule has 1 aliphatic rings. The van der Waals surface area contributed by atoms with E-state index in [-0.39, 0.29) is 6.42 Å². The highest BCUT2D eigenvalue weighted by Crippen LogP contribution is 2.41. The number of ether oxygens (including phenoxy) is 2. The summed E-state index contributed by atoms with van der Waals surface area (Å²) in [6.07, 6.45) is -2.99. The zero-order valence-electron chi connectivity index (χ0n) is 12.8. The van der Waals surface area contributed by atoms with Crippen molar-refractivity contribution < 1.29 is 22.6 Å². The van der Waals surface area contributed by atoms with Crippen molar-refractivity contribution in [2.24, 2.45) is 0 Å². The van der Waals surface area contributed by atoms with Crippen molar-refractivity contribution in [3.8, 4) is 0 Å². The molecule has 1 saturated heterocycles. The number of benzene rings is 1. The molecule has 1 aliphatic heterocycles. The van der Waals surface area contributed by atoms with Gasteiger partial charge in [-0.1, -0.05) is 43.7 Å². The molecule has 0 bridgehead atoms. The van der Waals surface area contributed by atoms with E-state index >= 15 is 0 Å². The topological polar surface area (TPSA) is 18.5 Å². The molecule has 0 amide bonds. The van der Waals surface area contributed by atoms with Crippen LogP contribution in [0.3, 0.4) is 0 Å². The standard InChI is InChI=1S/C17H23F3O2/c1-2-3-11-21-15-12-17(20,16(18)19)14(22-15)10-9-13-7-5-4-6-8-13/h4-8,14-16H,2-3,9-12H2,1H3. The molecule has 1 heterocycles.